The number of nitrogens with zero attached hydrogens (tertiary/aromatic N) is 2. The van der Waals surface area contributed by atoms with Gasteiger partial charge in [0.25, 0.3) is 0 Å². The lowest BCUT2D eigenvalue weighted by molar-refractivity contribution is 0.494. The van der Waals surface area contributed by atoms with Crippen LogP contribution in [-0.2, 0) is 12.0 Å². The van der Waals surface area contributed by atoms with Crippen molar-refractivity contribution in [3.8, 4) is 0 Å². The fraction of sp³-hybridized carbons (Fsp3) is 0.444. The second-order valence-electron chi connectivity index (χ2n) is 6.06. The van der Waals surface area contributed by atoms with Crippen LogP contribution in [0, 0.1) is 13.8 Å². The van der Waals surface area contributed by atoms with E-state index in [0.717, 1.165) is 35.6 Å². The van der Waals surface area contributed by atoms with Crippen molar-refractivity contribution < 1.29 is 0 Å². The first-order valence-corrected chi connectivity index (χ1v) is 7.77. The topological polar surface area (TPSA) is 51.8 Å². The quantitative estimate of drug-likeness (QED) is 0.938. The molecule has 1 aromatic carbocycles. The van der Waals surface area contributed by atoms with E-state index in [2.05, 4.69) is 30.3 Å². The van der Waals surface area contributed by atoms with Gasteiger partial charge in [-0.2, -0.15) is 0 Å². The molecule has 1 heterocycles. The van der Waals surface area contributed by atoms with Crippen LogP contribution in [0.3, 0.4) is 0 Å². The van der Waals surface area contributed by atoms with Gasteiger partial charge in [-0.3, -0.25) is 0 Å². The SMILES string of the molecule is Cc1nc(C2(c3ccccc3)CCCC2)nc(C)c1CN. The molecule has 0 spiro atoms. The molecule has 1 aromatic heterocycles. The maximum absolute atomic E-state index is 5.82. The van der Waals surface area contributed by atoms with Gasteiger partial charge in [-0.05, 0) is 32.3 Å². The highest BCUT2D eigenvalue weighted by atomic mass is 14.9. The van der Waals surface area contributed by atoms with Gasteiger partial charge in [0, 0.05) is 23.5 Å². The van der Waals surface area contributed by atoms with Gasteiger partial charge in [0.05, 0.1) is 5.41 Å². The molecule has 1 aliphatic rings. The van der Waals surface area contributed by atoms with Gasteiger partial charge in [0.2, 0.25) is 0 Å². The summed E-state index contributed by atoms with van der Waals surface area (Å²) < 4.78 is 0. The molecule has 0 saturated heterocycles. The smallest absolute Gasteiger partial charge is 0.139 e. The summed E-state index contributed by atoms with van der Waals surface area (Å²) in [5.41, 5.74) is 10.3. The van der Waals surface area contributed by atoms with E-state index in [1.165, 1.54) is 18.4 Å². The third-order valence-electron chi connectivity index (χ3n) is 4.84. The summed E-state index contributed by atoms with van der Waals surface area (Å²) in [5.74, 6) is 0.985. The number of nitrogens with two attached hydrogens (primary N) is 1. The van der Waals surface area contributed by atoms with Crippen LogP contribution in [0.15, 0.2) is 30.3 Å². The van der Waals surface area contributed by atoms with Crippen molar-refractivity contribution in [2.45, 2.75) is 51.5 Å². The molecular weight excluding hydrogens is 258 g/mol. The number of aromatic nitrogens is 2. The Hall–Kier alpha value is -1.74. The summed E-state index contributed by atoms with van der Waals surface area (Å²) >= 11 is 0. The van der Waals surface area contributed by atoms with Crippen molar-refractivity contribution in [1.29, 1.82) is 0 Å². The van der Waals surface area contributed by atoms with E-state index < -0.39 is 0 Å². The van der Waals surface area contributed by atoms with E-state index in [0.29, 0.717) is 6.54 Å². The molecule has 0 unspecified atom stereocenters. The predicted molar refractivity (Wildman–Crippen MR) is 85.1 cm³/mol. The molecule has 3 heteroatoms. The fourth-order valence-corrected chi connectivity index (χ4v) is 3.63. The summed E-state index contributed by atoms with van der Waals surface area (Å²) in [7, 11) is 0. The Morgan fingerprint density at radius 3 is 2.10 bits per heavy atom. The van der Waals surface area contributed by atoms with Gasteiger partial charge in [-0.25, -0.2) is 9.97 Å². The summed E-state index contributed by atoms with van der Waals surface area (Å²) in [4.78, 5) is 9.69. The molecule has 0 amide bonds. The number of rotatable bonds is 3. The minimum absolute atomic E-state index is 0.0100. The largest absolute Gasteiger partial charge is 0.326 e. The minimum Gasteiger partial charge on any atom is -0.326 e. The maximum Gasteiger partial charge on any atom is 0.139 e. The van der Waals surface area contributed by atoms with Crippen LogP contribution in [0.4, 0.5) is 0 Å². The van der Waals surface area contributed by atoms with Crippen molar-refractivity contribution >= 4 is 0 Å². The number of hydrogen-bond donors (Lipinski definition) is 1. The first-order valence-electron chi connectivity index (χ1n) is 7.77. The Morgan fingerprint density at radius 1 is 1.00 bits per heavy atom. The van der Waals surface area contributed by atoms with Crippen molar-refractivity contribution in [2.75, 3.05) is 0 Å². The van der Waals surface area contributed by atoms with Crippen molar-refractivity contribution in [1.82, 2.24) is 9.97 Å². The molecule has 1 aliphatic carbocycles. The third-order valence-corrected chi connectivity index (χ3v) is 4.84. The van der Waals surface area contributed by atoms with Crippen molar-refractivity contribution in [3.05, 3.63) is 58.7 Å². The van der Waals surface area contributed by atoms with Crippen LogP contribution in [0.2, 0.25) is 0 Å². The maximum atomic E-state index is 5.82. The average Bonchev–Trinajstić information content (AvgIpc) is 2.98. The van der Waals surface area contributed by atoms with Gasteiger partial charge in [-0.15, -0.1) is 0 Å². The number of aryl methyl sites for hydroxylation is 2. The Morgan fingerprint density at radius 2 is 1.57 bits per heavy atom. The van der Waals surface area contributed by atoms with Crippen molar-refractivity contribution in [2.24, 2.45) is 5.73 Å². The van der Waals surface area contributed by atoms with E-state index in [9.17, 15) is 0 Å². The molecule has 1 fully saturated rings. The Kier molecular flexibility index (Phi) is 3.77. The highest BCUT2D eigenvalue weighted by Gasteiger charge is 2.40. The summed E-state index contributed by atoms with van der Waals surface area (Å²) in [5, 5.41) is 0. The molecule has 0 atom stereocenters. The second kappa shape index (κ2) is 5.57. The molecule has 3 nitrogen and oxygen atoms in total. The lowest BCUT2D eigenvalue weighted by Gasteiger charge is -2.29. The Balaban J connectivity index is 2.15. The zero-order chi connectivity index (χ0) is 14.9. The first kappa shape index (κ1) is 14.2. The molecule has 110 valence electrons. The Labute approximate surface area is 126 Å². The van der Waals surface area contributed by atoms with E-state index in [-0.39, 0.29) is 5.41 Å². The summed E-state index contributed by atoms with van der Waals surface area (Å²) in [6, 6.07) is 10.7. The van der Waals surface area contributed by atoms with Crippen LogP contribution in [0.5, 0.6) is 0 Å². The molecule has 0 bridgehead atoms. The third kappa shape index (κ3) is 2.36. The zero-order valence-electron chi connectivity index (χ0n) is 12.9. The van der Waals surface area contributed by atoms with Gasteiger partial charge < -0.3 is 5.73 Å². The fourth-order valence-electron chi connectivity index (χ4n) is 3.63. The van der Waals surface area contributed by atoms with E-state index >= 15 is 0 Å². The number of benzene rings is 1. The highest BCUT2D eigenvalue weighted by molar-refractivity contribution is 5.36. The van der Waals surface area contributed by atoms with Crippen LogP contribution in [0.1, 0.15) is 54.0 Å². The molecule has 0 aliphatic heterocycles. The molecule has 2 N–H and O–H groups in total. The van der Waals surface area contributed by atoms with Crippen LogP contribution in [-0.4, -0.2) is 9.97 Å². The van der Waals surface area contributed by atoms with E-state index in [1.807, 2.05) is 13.8 Å². The van der Waals surface area contributed by atoms with Crippen LogP contribution < -0.4 is 5.73 Å². The van der Waals surface area contributed by atoms with Crippen LogP contribution >= 0.6 is 0 Å². The Bertz CT molecular complexity index is 605. The monoisotopic (exact) mass is 281 g/mol. The van der Waals surface area contributed by atoms with E-state index in [1.54, 1.807) is 0 Å². The van der Waals surface area contributed by atoms with Gasteiger partial charge >= 0.3 is 0 Å². The van der Waals surface area contributed by atoms with Gasteiger partial charge in [0.15, 0.2) is 0 Å². The summed E-state index contributed by atoms with van der Waals surface area (Å²) in [6.45, 7) is 4.61. The van der Waals surface area contributed by atoms with Crippen molar-refractivity contribution in [3.63, 3.8) is 0 Å². The molecule has 2 aromatic rings. The molecule has 3 rings (SSSR count). The lowest BCUT2D eigenvalue weighted by atomic mass is 9.78. The molecule has 21 heavy (non-hydrogen) atoms. The van der Waals surface area contributed by atoms with Crippen LogP contribution in [0.25, 0.3) is 0 Å². The first-order chi connectivity index (χ1) is 10.2. The van der Waals surface area contributed by atoms with E-state index in [4.69, 9.17) is 15.7 Å². The normalized spacial score (nSPS) is 17.1. The lowest BCUT2D eigenvalue weighted by Crippen LogP contribution is -2.28. The summed E-state index contributed by atoms with van der Waals surface area (Å²) in [6.07, 6.45) is 4.76. The standard InChI is InChI=1S/C18H23N3/c1-13-16(12-19)14(2)21-17(20-13)18(10-6-7-11-18)15-8-4-3-5-9-15/h3-5,8-9H,6-7,10-12,19H2,1-2H3. The number of hydrogen-bond acceptors (Lipinski definition) is 3. The molecular formula is C18H23N3. The molecule has 1 saturated carbocycles. The predicted octanol–water partition coefficient (Wildman–Crippen LogP) is 3.41. The second-order valence-corrected chi connectivity index (χ2v) is 6.06. The highest BCUT2D eigenvalue weighted by Crippen LogP contribution is 2.45. The van der Waals surface area contributed by atoms with Gasteiger partial charge in [0.1, 0.15) is 5.82 Å². The minimum atomic E-state index is -0.0100. The average molecular weight is 281 g/mol. The van der Waals surface area contributed by atoms with Gasteiger partial charge in [-0.1, -0.05) is 43.2 Å². The molecule has 0 radical (unpaired) electrons. The zero-order valence-corrected chi connectivity index (χ0v) is 12.9.